The molecular formula is C16H22N2S. The van der Waals surface area contributed by atoms with Gasteiger partial charge in [-0.15, -0.1) is 11.8 Å². The summed E-state index contributed by atoms with van der Waals surface area (Å²) < 4.78 is 0. The van der Waals surface area contributed by atoms with E-state index in [2.05, 4.69) is 54.6 Å². The molecule has 0 aliphatic heterocycles. The number of hydrogen-bond acceptors (Lipinski definition) is 2. The lowest BCUT2D eigenvalue weighted by atomic mass is 9.87. The second-order valence-corrected chi connectivity index (χ2v) is 6.97. The highest BCUT2D eigenvalue weighted by Gasteiger charge is 2.28. The minimum absolute atomic E-state index is 0.646. The van der Waals surface area contributed by atoms with Crippen molar-refractivity contribution >= 4 is 22.7 Å². The van der Waals surface area contributed by atoms with E-state index in [9.17, 15) is 0 Å². The van der Waals surface area contributed by atoms with Crippen LogP contribution >= 0.6 is 11.8 Å². The summed E-state index contributed by atoms with van der Waals surface area (Å²) in [5.74, 6) is 0.853. The van der Waals surface area contributed by atoms with Gasteiger partial charge < -0.3 is 10.3 Å². The Morgan fingerprint density at radius 1 is 1.26 bits per heavy atom. The van der Waals surface area contributed by atoms with Gasteiger partial charge in [-0.2, -0.15) is 0 Å². The van der Waals surface area contributed by atoms with Crippen LogP contribution in [-0.4, -0.2) is 23.3 Å². The number of aromatic nitrogens is 1. The highest BCUT2D eigenvalue weighted by Crippen LogP contribution is 2.36. The molecule has 1 saturated carbocycles. The highest BCUT2D eigenvalue weighted by atomic mass is 32.2. The third kappa shape index (κ3) is 2.82. The van der Waals surface area contributed by atoms with Crippen molar-refractivity contribution in [3.8, 4) is 0 Å². The van der Waals surface area contributed by atoms with E-state index in [0.717, 1.165) is 5.92 Å². The van der Waals surface area contributed by atoms with Crippen LogP contribution in [0.15, 0.2) is 35.4 Å². The van der Waals surface area contributed by atoms with Crippen molar-refractivity contribution in [1.29, 1.82) is 0 Å². The summed E-state index contributed by atoms with van der Waals surface area (Å²) in [6.07, 6.45) is 3.97. The van der Waals surface area contributed by atoms with Gasteiger partial charge in [0.2, 0.25) is 0 Å². The Labute approximate surface area is 119 Å². The number of thioether (sulfide) groups is 1. The lowest BCUT2D eigenvalue weighted by molar-refractivity contribution is 0.329. The summed E-state index contributed by atoms with van der Waals surface area (Å²) in [4.78, 5) is 3.54. The molecule has 0 bridgehead atoms. The number of fused-ring (bicyclic) bond motifs is 1. The second-order valence-electron chi connectivity index (χ2n) is 5.69. The maximum atomic E-state index is 3.54. The largest absolute Gasteiger partial charge is 0.350 e. The molecule has 2 aromatic rings. The van der Waals surface area contributed by atoms with E-state index in [0.29, 0.717) is 11.3 Å². The molecule has 0 amide bonds. The molecule has 1 aromatic heterocycles. The zero-order valence-electron chi connectivity index (χ0n) is 11.6. The van der Waals surface area contributed by atoms with Crippen LogP contribution in [-0.2, 0) is 0 Å². The molecule has 1 aliphatic carbocycles. The number of rotatable bonds is 3. The second kappa shape index (κ2) is 5.59. The summed E-state index contributed by atoms with van der Waals surface area (Å²) in [6, 6.07) is 11.4. The number of hydrogen-bond donors (Lipinski definition) is 2. The molecule has 3 heteroatoms. The Bertz CT molecular complexity index is 515. The van der Waals surface area contributed by atoms with Crippen LogP contribution in [0.25, 0.3) is 10.9 Å². The molecule has 3 unspecified atom stereocenters. The first-order valence-electron chi connectivity index (χ1n) is 7.18. The zero-order chi connectivity index (χ0) is 13.2. The molecular weight excluding hydrogens is 252 g/mol. The van der Waals surface area contributed by atoms with Crippen LogP contribution in [0.5, 0.6) is 0 Å². The fourth-order valence-corrected chi connectivity index (χ4v) is 4.61. The molecule has 19 heavy (non-hydrogen) atoms. The van der Waals surface area contributed by atoms with Crippen molar-refractivity contribution in [3.63, 3.8) is 0 Å². The minimum atomic E-state index is 0.646. The molecule has 1 fully saturated rings. The predicted molar refractivity (Wildman–Crippen MR) is 83.8 cm³/mol. The van der Waals surface area contributed by atoms with Gasteiger partial charge in [0.05, 0.1) is 5.03 Å². The first kappa shape index (κ1) is 13.1. The molecule has 0 radical (unpaired) electrons. The monoisotopic (exact) mass is 274 g/mol. The van der Waals surface area contributed by atoms with E-state index >= 15 is 0 Å². The van der Waals surface area contributed by atoms with Gasteiger partial charge in [0.25, 0.3) is 0 Å². The maximum absolute atomic E-state index is 3.54. The summed E-state index contributed by atoms with van der Waals surface area (Å²) in [6.45, 7) is 2.38. The third-order valence-corrected chi connectivity index (χ3v) is 5.51. The summed E-state index contributed by atoms with van der Waals surface area (Å²) >= 11 is 2.01. The van der Waals surface area contributed by atoms with Gasteiger partial charge in [-0.1, -0.05) is 25.1 Å². The van der Waals surface area contributed by atoms with Crippen molar-refractivity contribution in [2.45, 2.75) is 42.5 Å². The first-order chi connectivity index (χ1) is 9.26. The Morgan fingerprint density at radius 3 is 2.89 bits per heavy atom. The average molecular weight is 274 g/mol. The van der Waals surface area contributed by atoms with Crippen LogP contribution in [0.4, 0.5) is 0 Å². The molecule has 2 N–H and O–H groups in total. The summed E-state index contributed by atoms with van der Waals surface area (Å²) in [5.41, 5.74) is 1.25. The van der Waals surface area contributed by atoms with Crippen LogP contribution in [0.3, 0.4) is 0 Å². The topological polar surface area (TPSA) is 27.8 Å². The van der Waals surface area contributed by atoms with Gasteiger partial charge in [-0.05, 0) is 44.4 Å². The van der Waals surface area contributed by atoms with Crippen molar-refractivity contribution < 1.29 is 0 Å². The standard InChI is InChI=1S/C16H22N2S/c1-11-7-8-14(17-2)15(9-11)19-16-10-12-5-3-4-6-13(12)18-16/h3-6,10-11,14-15,17-18H,7-9H2,1-2H3. The van der Waals surface area contributed by atoms with E-state index in [1.54, 1.807) is 0 Å². The van der Waals surface area contributed by atoms with Gasteiger partial charge in [0.15, 0.2) is 0 Å². The molecule has 3 rings (SSSR count). The van der Waals surface area contributed by atoms with E-state index in [4.69, 9.17) is 0 Å². The van der Waals surface area contributed by atoms with Gasteiger partial charge >= 0.3 is 0 Å². The zero-order valence-corrected chi connectivity index (χ0v) is 12.5. The Kier molecular flexibility index (Phi) is 3.85. The van der Waals surface area contributed by atoms with Gasteiger partial charge in [0.1, 0.15) is 0 Å². The summed E-state index contributed by atoms with van der Waals surface area (Å²) in [7, 11) is 2.10. The molecule has 102 valence electrons. The molecule has 3 atom stereocenters. The molecule has 0 saturated heterocycles. The van der Waals surface area contributed by atoms with Gasteiger partial charge in [0, 0.05) is 22.2 Å². The smallest absolute Gasteiger partial charge is 0.0735 e. The highest BCUT2D eigenvalue weighted by molar-refractivity contribution is 7.99. The molecule has 0 spiro atoms. The van der Waals surface area contributed by atoms with Crippen molar-refractivity contribution in [2.75, 3.05) is 7.05 Å². The van der Waals surface area contributed by atoms with Crippen LogP contribution in [0.2, 0.25) is 0 Å². The molecule has 1 aromatic carbocycles. The number of H-pyrrole nitrogens is 1. The third-order valence-electron chi connectivity index (χ3n) is 4.21. The first-order valence-corrected chi connectivity index (χ1v) is 8.06. The number of aromatic amines is 1. The van der Waals surface area contributed by atoms with E-state index in [1.807, 2.05) is 11.8 Å². The lowest BCUT2D eigenvalue weighted by Gasteiger charge is -2.34. The van der Waals surface area contributed by atoms with E-state index < -0.39 is 0 Å². The van der Waals surface area contributed by atoms with Gasteiger partial charge in [-0.25, -0.2) is 0 Å². The molecule has 1 heterocycles. The number of nitrogens with one attached hydrogen (secondary N) is 2. The number of benzene rings is 1. The van der Waals surface area contributed by atoms with Crippen molar-refractivity contribution in [2.24, 2.45) is 5.92 Å². The normalized spacial score (nSPS) is 27.8. The predicted octanol–water partition coefficient (Wildman–Crippen LogP) is 4.04. The SMILES string of the molecule is CNC1CCC(C)CC1Sc1cc2ccccc2[nH]1. The Hall–Kier alpha value is -0.930. The van der Waals surface area contributed by atoms with Gasteiger partial charge in [-0.3, -0.25) is 0 Å². The minimum Gasteiger partial charge on any atom is -0.350 e. The van der Waals surface area contributed by atoms with E-state index in [1.165, 1.54) is 35.2 Å². The molecule has 2 nitrogen and oxygen atoms in total. The fourth-order valence-electron chi connectivity index (χ4n) is 3.06. The Morgan fingerprint density at radius 2 is 2.11 bits per heavy atom. The maximum Gasteiger partial charge on any atom is 0.0735 e. The van der Waals surface area contributed by atoms with Crippen LogP contribution in [0.1, 0.15) is 26.2 Å². The quantitative estimate of drug-likeness (QED) is 0.884. The molecule has 1 aliphatic rings. The van der Waals surface area contributed by atoms with Crippen molar-refractivity contribution in [1.82, 2.24) is 10.3 Å². The average Bonchev–Trinajstić information content (AvgIpc) is 2.81. The van der Waals surface area contributed by atoms with Crippen LogP contribution in [0, 0.1) is 5.92 Å². The number of para-hydroxylation sites is 1. The lowest BCUT2D eigenvalue weighted by Crippen LogP contribution is -2.40. The Balaban J connectivity index is 1.78. The van der Waals surface area contributed by atoms with Crippen molar-refractivity contribution in [3.05, 3.63) is 30.3 Å². The fraction of sp³-hybridized carbons (Fsp3) is 0.500. The summed E-state index contributed by atoms with van der Waals surface area (Å²) in [5, 5.41) is 6.80. The van der Waals surface area contributed by atoms with E-state index in [-0.39, 0.29) is 0 Å². The van der Waals surface area contributed by atoms with Crippen LogP contribution < -0.4 is 5.32 Å².